The smallest absolute Gasteiger partial charge is 0.258 e. The van der Waals surface area contributed by atoms with E-state index in [1.165, 1.54) is 24.3 Å². The van der Waals surface area contributed by atoms with Gasteiger partial charge in [-0.25, -0.2) is 8.42 Å². The van der Waals surface area contributed by atoms with Crippen LogP contribution < -0.4 is 0 Å². The van der Waals surface area contributed by atoms with Crippen LogP contribution >= 0.6 is 0 Å². The van der Waals surface area contributed by atoms with Crippen molar-refractivity contribution in [1.29, 1.82) is 0 Å². The van der Waals surface area contributed by atoms with Gasteiger partial charge in [-0.05, 0) is 29.3 Å². The summed E-state index contributed by atoms with van der Waals surface area (Å²) in [4.78, 5) is 10.5. The first-order chi connectivity index (χ1) is 11.5. The third-order valence-electron chi connectivity index (χ3n) is 3.61. The molecule has 0 saturated heterocycles. The lowest BCUT2D eigenvalue weighted by Gasteiger charge is -2.08. The van der Waals surface area contributed by atoms with Gasteiger partial charge in [-0.2, -0.15) is 0 Å². The molecule has 0 atom stereocenters. The number of nitrogens with zero attached hydrogens (tertiary/aromatic N) is 1. The highest BCUT2D eigenvalue weighted by Gasteiger charge is 2.27. The molecule has 0 N–H and O–H groups in total. The molecule has 0 fully saturated rings. The van der Waals surface area contributed by atoms with Crippen LogP contribution in [0.5, 0.6) is 0 Å². The molecular formula is C18H13NO4S. The maximum atomic E-state index is 12.7. The van der Waals surface area contributed by atoms with Crippen molar-refractivity contribution in [3.8, 4) is 11.1 Å². The molecule has 6 heteroatoms. The maximum absolute atomic E-state index is 12.7. The molecule has 120 valence electrons. The minimum absolute atomic E-state index is 0.0283. The Kier molecular flexibility index (Phi) is 4.14. The van der Waals surface area contributed by atoms with Gasteiger partial charge in [0.2, 0.25) is 9.84 Å². The zero-order valence-corrected chi connectivity index (χ0v) is 13.3. The van der Waals surface area contributed by atoms with Crippen LogP contribution in [-0.4, -0.2) is 13.3 Å². The maximum Gasteiger partial charge on any atom is 0.288 e. The molecule has 0 aromatic heterocycles. The number of hydrogen-bond acceptors (Lipinski definition) is 4. The summed E-state index contributed by atoms with van der Waals surface area (Å²) in [6, 6.07) is 21.0. The molecule has 0 spiro atoms. The first-order valence-corrected chi connectivity index (χ1v) is 8.62. The lowest BCUT2D eigenvalue weighted by atomic mass is 10.1. The fourth-order valence-electron chi connectivity index (χ4n) is 2.42. The predicted octanol–water partition coefficient (Wildman–Crippen LogP) is 4.09. The third kappa shape index (κ3) is 2.91. The van der Waals surface area contributed by atoms with Gasteiger partial charge in [0.15, 0.2) is 0 Å². The van der Waals surface area contributed by atoms with Gasteiger partial charge in [-0.1, -0.05) is 54.6 Å². The van der Waals surface area contributed by atoms with Crippen molar-refractivity contribution in [3.05, 3.63) is 89.0 Å². The van der Waals surface area contributed by atoms with Gasteiger partial charge in [0, 0.05) is 6.07 Å². The molecule has 0 saturated carbocycles. The molecule has 0 bridgehead atoms. The molecule has 3 rings (SSSR count). The van der Waals surface area contributed by atoms with E-state index in [9.17, 15) is 18.5 Å². The standard InChI is InChI=1S/C18H13NO4S/c20-19(21)17-13-15(14-7-3-1-4-8-14)11-12-18(17)24(22,23)16-9-5-2-6-10-16/h1-13H. The van der Waals surface area contributed by atoms with E-state index in [0.717, 1.165) is 5.56 Å². The Morgan fingerprint density at radius 3 is 1.92 bits per heavy atom. The number of hydrogen-bond donors (Lipinski definition) is 0. The van der Waals surface area contributed by atoms with Crippen LogP contribution in [0.3, 0.4) is 0 Å². The van der Waals surface area contributed by atoms with E-state index in [1.54, 1.807) is 24.3 Å². The summed E-state index contributed by atoms with van der Waals surface area (Å²) in [5.41, 5.74) is 0.943. The number of rotatable bonds is 4. The van der Waals surface area contributed by atoms with Crippen LogP contribution in [0, 0.1) is 10.1 Å². The molecule has 0 unspecified atom stereocenters. The van der Waals surface area contributed by atoms with Crippen molar-refractivity contribution in [1.82, 2.24) is 0 Å². The van der Waals surface area contributed by atoms with Crippen LogP contribution in [-0.2, 0) is 9.84 Å². The number of nitro benzene ring substituents is 1. The van der Waals surface area contributed by atoms with Crippen LogP contribution in [0.25, 0.3) is 11.1 Å². The van der Waals surface area contributed by atoms with Crippen LogP contribution in [0.2, 0.25) is 0 Å². The molecule has 0 aliphatic heterocycles. The van der Waals surface area contributed by atoms with Gasteiger partial charge in [0.25, 0.3) is 5.69 Å². The van der Waals surface area contributed by atoms with Gasteiger partial charge in [-0.15, -0.1) is 0 Å². The van der Waals surface area contributed by atoms with Gasteiger partial charge in [0.05, 0.1) is 9.82 Å². The van der Waals surface area contributed by atoms with Crippen molar-refractivity contribution in [3.63, 3.8) is 0 Å². The zero-order chi connectivity index (χ0) is 17.2. The second-order valence-electron chi connectivity index (χ2n) is 5.12. The molecule has 0 radical (unpaired) electrons. The Morgan fingerprint density at radius 1 is 0.750 bits per heavy atom. The minimum Gasteiger partial charge on any atom is -0.258 e. The van der Waals surface area contributed by atoms with Crippen molar-refractivity contribution < 1.29 is 13.3 Å². The molecule has 0 heterocycles. The second kappa shape index (κ2) is 6.25. The summed E-state index contributed by atoms with van der Waals surface area (Å²) in [5, 5.41) is 11.4. The Morgan fingerprint density at radius 2 is 1.33 bits per heavy atom. The normalized spacial score (nSPS) is 11.2. The fraction of sp³-hybridized carbons (Fsp3) is 0. The van der Waals surface area contributed by atoms with E-state index in [1.807, 2.05) is 30.3 Å². The van der Waals surface area contributed by atoms with Gasteiger partial charge >= 0.3 is 0 Å². The number of nitro groups is 1. The number of sulfone groups is 1. The molecule has 0 aliphatic carbocycles. The van der Waals surface area contributed by atoms with Gasteiger partial charge in [0.1, 0.15) is 4.90 Å². The Labute approximate surface area is 139 Å². The van der Waals surface area contributed by atoms with Crippen LogP contribution in [0.15, 0.2) is 88.7 Å². The molecule has 5 nitrogen and oxygen atoms in total. The Balaban J connectivity index is 2.18. The highest BCUT2D eigenvalue weighted by Crippen LogP contribution is 2.33. The zero-order valence-electron chi connectivity index (χ0n) is 12.5. The van der Waals surface area contributed by atoms with Crippen LogP contribution in [0.1, 0.15) is 0 Å². The molecule has 3 aromatic carbocycles. The topological polar surface area (TPSA) is 77.3 Å². The van der Waals surface area contributed by atoms with Gasteiger partial charge in [-0.3, -0.25) is 10.1 Å². The van der Waals surface area contributed by atoms with E-state index >= 15 is 0 Å². The van der Waals surface area contributed by atoms with E-state index in [4.69, 9.17) is 0 Å². The molecular weight excluding hydrogens is 326 g/mol. The second-order valence-corrected chi connectivity index (χ2v) is 7.04. The molecule has 3 aromatic rings. The first kappa shape index (κ1) is 15.9. The highest BCUT2D eigenvalue weighted by molar-refractivity contribution is 7.91. The lowest BCUT2D eigenvalue weighted by Crippen LogP contribution is -2.05. The van der Waals surface area contributed by atoms with Crippen molar-refractivity contribution >= 4 is 15.5 Å². The van der Waals surface area contributed by atoms with E-state index in [-0.39, 0.29) is 9.79 Å². The summed E-state index contributed by atoms with van der Waals surface area (Å²) in [6.07, 6.45) is 0. The Bertz CT molecular complexity index is 984. The quantitative estimate of drug-likeness (QED) is 0.530. The van der Waals surface area contributed by atoms with Gasteiger partial charge < -0.3 is 0 Å². The molecule has 0 aliphatic rings. The minimum atomic E-state index is -3.96. The summed E-state index contributed by atoms with van der Waals surface area (Å²) in [6.45, 7) is 0. The lowest BCUT2D eigenvalue weighted by molar-refractivity contribution is -0.387. The van der Waals surface area contributed by atoms with E-state index in [2.05, 4.69) is 0 Å². The van der Waals surface area contributed by atoms with Crippen molar-refractivity contribution in [2.75, 3.05) is 0 Å². The molecule has 0 amide bonds. The average Bonchev–Trinajstić information content (AvgIpc) is 2.62. The van der Waals surface area contributed by atoms with E-state index < -0.39 is 20.4 Å². The predicted molar refractivity (Wildman–Crippen MR) is 90.4 cm³/mol. The molecule has 24 heavy (non-hydrogen) atoms. The Hall–Kier alpha value is -2.99. The van der Waals surface area contributed by atoms with E-state index in [0.29, 0.717) is 5.56 Å². The summed E-state index contributed by atoms with van der Waals surface area (Å²) < 4.78 is 25.4. The summed E-state index contributed by atoms with van der Waals surface area (Å²) in [5.74, 6) is 0. The fourth-order valence-corrected chi connectivity index (χ4v) is 3.85. The highest BCUT2D eigenvalue weighted by atomic mass is 32.2. The van der Waals surface area contributed by atoms with Crippen LogP contribution in [0.4, 0.5) is 5.69 Å². The SMILES string of the molecule is O=[N+]([O-])c1cc(-c2ccccc2)ccc1S(=O)(=O)c1ccccc1. The largest absolute Gasteiger partial charge is 0.288 e. The summed E-state index contributed by atoms with van der Waals surface area (Å²) >= 11 is 0. The summed E-state index contributed by atoms with van der Waals surface area (Å²) in [7, 11) is -3.96. The number of benzene rings is 3. The third-order valence-corrected chi connectivity index (χ3v) is 5.42. The van der Waals surface area contributed by atoms with Crippen molar-refractivity contribution in [2.24, 2.45) is 0 Å². The first-order valence-electron chi connectivity index (χ1n) is 7.14. The van der Waals surface area contributed by atoms with Crippen molar-refractivity contribution in [2.45, 2.75) is 9.79 Å². The average molecular weight is 339 g/mol. The monoisotopic (exact) mass is 339 g/mol.